The fraction of sp³-hybridized carbons (Fsp3) is 0.500. The van der Waals surface area contributed by atoms with Crippen molar-refractivity contribution in [3.8, 4) is 5.75 Å². The molecule has 0 bridgehead atoms. The summed E-state index contributed by atoms with van der Waals surface area (Å²) in [5.74, 6) is 1.35. The molecule has 1 unspecified atom stereocenters. The molecule has 0 aromatic heterocycles. The molecule has 22 heavy (non-hydrogen) atoms. The second-order valence-corrected chi connectivity index (χ2v) is 5.76. The SMILES string of the molecule is CCCN1CC=CC(CCC(=NO)c2ccc(OC)cc2)C1. The molecule has 1 atom stereocenters. The monoisotopic (exact) mass is 302 g/mol. The van der Waals surface area contributed by atoms with E-state index in [9.17, 15) is 5.21 Å². The Morgan fingerprint density at radius 2 is 2.14 bits per heavy atom. The number of ether oxygens (including phenoxy) is 1. The van der Waals surface area contributed by atoms with Crippen LogP contribution in [0.5, 0.6) is 5.75 Å². The fourth-order valence-corrected chi connectivity index (χ4v) is 2.91. The Bertz CT molecular complexity index is 508. The number of nitrogens with zero attached hydrogens (tertiary/aromatic N) is 2. The molecule has 4 heteroatoms. The first-order valence-corrected chi connectivity index (χ1v) is 8.01. The minimum absolute atomic E-state index is 0.537. The maximum absolute atomic E-state index is 9.30. The molecule has 1 aromatic rings. The molecule has 0 spiro atoms. The molecule has 2 rings (SSSR count). The molecular formula is C18H26N2O2. The van der Waals surface area contributed by atoms with Crippen LogP contribution >= 0.6 is 0 Å². The van der Waals surface area contributed by atoms with Gasteiger partial charge in [-0.05, 0) is 61.6 Å². The maximum Gasteiger partial charge on any atom is 0.118 e. The molecule has 120 valence electrons. The van der Waals surface area contributed by atoms with Crippen molar-refractivity contribution in [3.63, 3.8) is 0 Å². The van der Waals surface area contributed by atoms with E-state index in [4.69, 9.17) is 4.74 Å². The molecule has 4 nitrogen and oxygen atoms in total. The molecule has 1 heterocycles. The number of methoxy groups -OCH3 is 1. The van der Waals surface area contributed by atoms with Crippen LogP contribution in [0.3, 0.4) is 0 Å². The third-order valence-electron chi connectivity index (χ3n) is 4.10. The number of hydrogen-bond donors (Lipinski definition) is 1. The van der Waals surface area contributed by atoms with E-state index in [1.165, 1.54) is 6.42 Å². The van der Waals surface area contributed by atoms with E-state index in [2.05, 4.69) is 29.1 Å². The lowest BCUT2D eigenvalue weighted by molar-refractivity contribution is 0.254. The van der Waals surface area contributed by atoms with Gasteiger partial charge in [0.05, 0.1) is 12.8 Å². The summed E-state index contributed by atoms with van der Waals surface area (Å²) in [5, 5.41) is 12.8. The second kappa shape index (κ2) is 8.59. The first-order valence-electron chi connectivity index (χ1n) is 8.01. The molecule has 1 N–H and O–H groups in total. The lowest BCUT2D eigenvalue weighted by Crippen LogP contribution is -2.33. The van der Waals surface area contributed by atoms with Gasteiger partial charge in [0.2, 0.25) is 0 Å². The largest absolute Gasteiger partial charge is 0.497 e. The van der Waals surface area contributed by atoms with Crippen LogP contribution in [0.25, 0.3) is 0 Å². The zero-order chi connectivity index (χ0) is 15.8. The summed E-state index contributed by atoms with van der Waals surface area (Å²) in [5.41, 5.74) is 1.69. The van der Waals surface area contributed by atoms with Gasteiger partial charge in [0.1, 0.15) is 5.75 Å². The Labute approximate surface area is 133 Å². The number of hydrogen-bond acceptors (Lipinski definition) is 4. The Hall–Kier alpha value is -1.81. The average Bonchev–Trinajstić information content (AvgIpc) is 2.57. The minimum atomic E-state index is 0.537. The predicted octanol–water partition coefficient (Wildman–Crippen LogP) is 3.55. The molecule has 0 amide bonds. The van der Waals surface area contributed by atoms with Gasteiger partial charge in [0.15, 0.2) is 0 Å². The molecule has 1 aromatic carbocycles. The van der Waals surface area contributed by atoms with Gasteiger partial charge in [-0.15, -0.1) is 0 Å². The van der Waals surface area contributed by atoms with Crippen molar-refractivity contribution >= 4 is 5.71 Å². The van der Waals surface area contributed by atoms with Gasteiger partial charge in [-0.1, -0.05) is 24.2 Å². The number of benzene rings is 1. The normalized spacial score (nSPS) is 19.4. The van der Waals surface area contributed by atoms with E-state index in [-0.39, 0.29) is 0 Å². The van der Waals surface area contributed by atoms with Gasteiger partial charge in [-0.2, -0.15) is 0 Å². The van der Waals surface area contributed by atoms with E-state index in [1.807, 2.05) is 24.3 Å². The topological polar surface area (TPSA) is 45.1 Å². The summed E-state index contributed by atoms with van der Waals surface area (Å²) in [7, 11) is 1.65. The Morgan fingerprint density at radius 3 is 2.77 bits per heavy atom. The van der Waals surface area contributed by atoms with E-state index < -0.39 is 0 Å². The van der Waals surface area contributed by atoms with Gasteiger partial charge < -0.3 is 9.94 Å². The molecule has 0 aliphatic carbocycles. The van der Waals surface area contributed by atoms with Crippen molar-refractivity contribution in [2.75, 3.05) is 26.7 Å². The predicted molar refractivity (Wildman–Crippen MR) is 89.9 cm³/mol. The highest BCUT2D eigenvalue weighted by Crippen LogP contribution is 2.19. The van der Waals surface area contributed by atoms with Crippen LogP contribution in [-0.4, -0.2) is 42.6 Å². The lowest BCUT2D eigenvalue weighted by Gasteiger charge is -2.28. The summed E-state index contributed by atoms with van der Waals surface area (Å²) in [6.45, 7) is 5.53. The molecule has 0 radical (unpaired) electrons. The summed E-state index contributed by atoms with van der Waals surface area (Å²) in [4.78, 5) is 2.48. The Morgan fingerprint density at radius 1 is 1.36 bits per heavy atom. The quantitative estimate of drug-likeness (QED) is 0.362. The summed E-state index contributed by atoms with van der Waals surface area (Å²) < 4.78 is 5.16. The Kier molecular flexibility index (Phi) is 6.46. The van der Waals surface area contributed by atoms with Gasteiger partial charge in [0.25, 0.3) is 0 Å². The van der Waals surface area contributed by atoms with Crippen molar-refractivity contribution in [3.05, 3.63) is 42.0 Å². The van der Waals surface area contributed by atoms with E-state index in [0.717, 1.165) is 49.5 Å². The van der Waals surface area contributed by atoms with Crippen molar-refractivity contribution in [1.29, 1.82) is 0 Å². The standard InChI is InChI=1S/C18H26N2O2/c1-3-12-20-13-4-5-15(14-20)6-11-18(19-21)16-7-9-17(22-2)10-8-16/h4-5,7-10,15,21H,3,6,11-14H2,1-2H3. The highest BCUT2D eigenvalue weighted by atomic mass is 16.5. The zero-order valence-electron chi connectivity index (χ0n) is 13.5. The van der Waals surface area contributed by atoms with Crippen molar-refractivity contribution in [2.24, 2.45) is 11.1 Å². The molecular weight excluding hydrogens is 276 g/mol. The number of oxime groups is 1. The molecule has 0 fully saturated rings. The van der Waals surface area contributed by atoms with Crippen LogP contribution in [0.15, 0.2) is 41.6 Å². The average molecular weight is 302 g/mol. The summed E-state index contributed by atoms with van der Waals surface area (Å²) in [6, 6.07) is 7.66. The number of rotatable bonds is 7. The van der Waals surface area contributed by atoms with Gasteiger partial charge in [0, 0.05) is 13.1 Å². The first-order chi connectivity index (χ1) is 10.8. The highest BCUT2D eigenvalue weighted by molar-refractivity contribution is 6.00. The summed E-state index contributed by atoms with van der Waals surface area (Å²) in [6.07, 6.45) is 7.53. The maximum atomic E-state index is 9.30. The van der Waals surface area contributed by atoms with Gasteiger partial charge in [-0.25, -0.2) is 0 Å². The molecule has 1 aliphatic heterocycles. The van der Waals surface area contributed by atoms with Crippen LogP contribution in [-0.2, 0) is 0 Å². The zero-order valence-corrected chi connectivity index (χ0v) is 13.5. The van der Waals surface area contributed by atoms with Crippen molar-refractivity contribution < 1.29 is 9.94 Å². The van der Waals surface area contributed by atoms with E-state index in [1.54, 1.807) is 7.11 Å². The van der Waals surface area contributed by atoms with Crippen molar-refractivity contribution in [1.82, 2.24) is 4.90 Å². The van der Waals surface area contributed by atoms with Gasteiger partial charge >= 0.3 is 0 Å². The highest BCUT2D eigenvalue weighted by Gasteiger charge is 2.16. The molecule has 1 aliphatic rings. The van der Waals surface area contributed by atoms with Gasteiger partial charge in [-0.3, -0.25) is 4.90 Å². The summed E-state index contributed by atoms with van der Waals surface area (Å²) >= 11 is 0. The first kappa shape index (κ1) is 16.6. The smallest absolute Gasteiger partial charge is 0.118 e. The molecule has 0 saturated heterocycles. The molecule has 0 saturated carbocycles. The minimum Gasteiger partial charge on any atom is -0.497 e. The van der Waals surface area contributed by atoms with Crippen LogP contribution in [0.1, 0.15) is 31.7 Å². The van der Waals surface area contributed by atoms with Crippen LogP contribution < -0.4 is 4.74 Å². The Balaban J connectivity index is 1.91. The third kappa shape index (κ3) is 4.60. The van der Waals surface area contributed by atoms with Crippen LogP contribution in [0, 0.1) is 5.92 Å². The van der Waals surface area contributed by atoms with Crippen molar-refractivity contribution in [2.45, 2.75) is 26.2 Å². The second-order valence-electron chi connectivity index (χ2n) is 5.76. The van der Waals surface area contributed by atoms with E-state index in [0.29, 0.717) is 5.92 Å². The fourth-order valence-electron chi connectivity index (χ4n) is 2.91. The third-order valence-corrected chi connectivity index (χ3v) is 4.10. The van der Waals surface area contributed by atoms with Crippen LogP contribution in [0.2, 0.25) is 0 Å². The lowest BCUT2D eigenvalue weighted by atomic mass is 9.95. The van der Waals surface area contributed by atoms with E-state index >= 15 is 0 Å². The van der Waals surface area contributed by atoms with Crippen LogP contribution in [0.4, 0.5) is 0 Å².